The Bertz CT molecular complexity index is 1030. The number of nitrogens with one attached hydrogen (secondary N) is 1. The summed E-state index contributed by atoms with van der Waals surface area (Å²) in [5.41, 5.74) is 1.52. The molecule has 1 amide bonds. The third-order valence-corrected chi connectivity index (χ3v) is 5.97. The minimum atomic E-state index is -3.62. The topological polar surface area (TPSA) is 105 Å². The van der Waals surface area contributed by atoms with Crippen molar-refractivity contribution in [1.82, 2.24) is 15.5 Å². The van der Waals surface area contributed by atoms with E-state index in [1.807, 2.05) is 36.6 Å². The van der Waals surface area contributed by atoms with Crippen LogP contribution < -0.4 is 9.62 Å². The van der Waals surface area contributed by atoms with Crippen molar-refractivity contribution in [2.24, 2.45) is 0 Å². The van der Waals surface area contributed by atoms with Crippen LogP contribution in [0.2, 0.25) is 0 Å². The van der Waals surface area contributed by atoms with Crippen molar-refractivity contribution in [2.75, 3.05) is 17.1 Å². The van der Waals surface area contributed by atoms with Gasteiger partial charge in [-0.05, 0) is 35.6 Å². The lowest BCUT2D eigenvalue weighted by molar-refractivity contribution is -0.119. The van der Waals surface area contributed by atoms with Gasteiger partial charge < -0.3 is 9.84 Å². The number of aryl methyl sites for hydroxylation is 1. The van der Waals surface area contributed by atoms with Crippen LogP contribution in [0.1, 0.15) is 18.4 Å². The lowest BCUT2D eigenvalue weighted by atomic mass is 10.1. The van der Waals surface area contributed by atoms with Crippen molar-refractivity contribution in [3.63, 3.8) is 0 Å². The maximum Gasteiger partial charge on any atom is 0.246 e. The van der Waals surface area contributed by atoms with Gasteiger partial charge in [0.05, 0.1) is 23.4 Å². The quantitative estimate of drug-likeness (QED) is 0.600. The Morgan fingerprint density at radius 1 is 1.25 bits per heavy atom. The van der Waals surface area contributed by atoms with Gasteiger partial charge in [-0.2, -0.15) is 4.98 Å². The Hall–Kier alpha value is -2.72. The fourth-order valence-electron chi connectivity index (χ4n) is 2.49. The molecule has 2 aromatic heterocycles. The van der Waals surface area contributed by atoms with Gasteiger partial charge in [-0.15, -0.1) is 11.3 Å². The number of thiophene rings is 1. The van der Waals surface area contributed by atoms with E-state index in [0.717, 1.165) is 27.4 Å². The number of benzene rings is 1. The minimum Gasteiger partial charge on any atom is -0.345 e. The fraction of sp³-hybridized carbons (Fsp3) is 0.278. The number of carbonyl (C=O) groups excluding carboxylic acids is 1. The summed E-state index contributed by atoms with van der Waals surface area (Å²) in [6, 6.07) is 10.8. The first kappa shape index (κ1) is 20.0. The molecule has 2 heterocycles. The van der Waals surface area contributed by atoms with Gasteiger partial charge in [-0.3, -0.25) is 9.10 Å². The molecule has 0 radical (unpaired) electrons. The molecule has 1 N–H and O–H groups in total. The largest absolute Gasteiger partial charge is 0.345 e. The van der Waals surface area contributed by atoms with Crippen molar-refractivity contribution < 1.29 is 17.7 Å². The summed E-state index contributed by atoms with van der Waals surface area (Å²) in [6.45, 7) is 1.69. The number of rotatable bonds is 8. The fourth-order valence-corrected chi connectivity index (χ4v) is 4.00. The maximum absolute atomic E-state index is 12.3. The Morgan fingerprint density at radius 2 is 2.00 bits per heavy atom. The van der Waals surface area contributed by atoms with Crippen molar-refractivity contribution in [1.29, 1.82) is 0 Å². The molecule has 0 atom stereocenters. The summed E-state index contributed by atoms with van der Waals surface area (Å²) >= 11 is 1.48. The number of nitrogens with zero attached hydrogens (tertiary/aromatic N) is 3. The van der Waals surface area contributed by atoms with Gasteiger partial charge in [0.15, 0.2) is 0 Å². The Labute approximate surface area is 167 Å². The van der Waals surface area contributed by atoms with E-state index in [1.54, 1.807) is 12.1 Å². The first-order valence-electron chi connectivity index (χ1n) is 8.56. The minimum absolute atomic E-state index is 0.0174. The van der Waals surface area contributed by atoms with Gasteiger partial charge in [0.1, 0.15) is 6.54 Å². The average molecular weight is 421 g/mol. The van der Waals surface area contributed by atoms with Crippen molar-refractivity contribution in [2.45, 2.75) is 19.9 Å². The second-order valence-electron chi connectivity index (χ2n) is 6.06. The Balaban J connectivity index is 1.64. The van der Waals surface area contributed by atoms with E-state index in [4.69, 9.17) is 4.52 Å². The summed E-state index contributed by atoms with van der Waals surface area (Å²) in [7, 11) is -3.62. The zero-order valence-electron chi connectivity index (χ0n) is 15.5. The predicted molar refractivity (Wildman–Crippen MR) is 107 cm³/mol. The van der Waals surface area contributed by atoms with Crippen molar-refractivity contribution in [3.8, 4) is 10.7 Å². The molecule has 0 unspecified atom stereocenters. The highest BCUT2D eigenvalue weighted by Crippen LogP contribution is 2.21. The summed E-state index contributed by atoms with van der Waals surface area (Å²) in [5, 5.41) is 8.38. The number of sulfonamides is 1. The van der Waals surface area contributed by atoms with Crippen LogP contribution in [0.25, 0.3) is 10.7 Å². The molecule has 0 aliphatic rings. The molecule has 0 aliphatic heterocycles. The molecule has 148 valence electrons. The van der Waals surface area contributed by atoms with E-state index in [0.29, 0.717) is 11.5 Å². The van der Waals surface area contributed by atoms with E-state index in [1.165, 1.54) is 11.3 Å². The zero-order chi connectivity index (χ0) is 20.1. The molecule has 3 aromatic rings. The molecule has 10 heteroatoms. The van der Waals surface area contributed by atoms with Crippen LogP contribution in [0.15, 0.2) is 46.3 Å². The van der Waals surface area contributed by atoms with Crippen LogP contribution in [0.4, 0.5) is 5.69 Å². The normalized spacial score (nSPS) is 11.4. The van der Waals surface area contributed by atoms with Gasteiger partial charge in [-0.1, -0.05) is 30.3 Å². The summed E-state index contributed by atoms with van der Waals surface area (Å²) in [5.74, 6) is 0.226. The zero-order valence-corrected chi connectivity index (χ0v) is 17.1. The molecule has 0 aliphatic carbocycles. The highest BCUT2D eigenvalue weighted by Gasteiger charge is 2.21. The number of aromatic nitrogens is 2. The van der Waals surface area contributed by atoms with E-state index in [2.05, 4.69) is 15.5 Å². The van der Waals surface area contributed by atoms with E-state index in [9.17, 15) is 13.2 Å². The molecule has 0 saturated carbocycles. The number of carbonyl (C=O) groups is 1. The predicted octanol–water partition coefficient (Wildman–Crippen LogP) is 2.44. The molecule has 1 aromatic carbocycles. The first-order chi connectivity index (χ1) is 13.4. The van der Waals surface area contributed by atoms with Crippen LogP contribution in [0.3, 0.4) is 0 Å². The highest BCUT2D eigenvalue weighted by molar-refractivity contribution is 7.92. The summed E-state index contributed by atoms with van der Waals surface area (Å²) in [4.78, 5) is 17.4. The Kier molecular flexibility index (Phi) is 6.10. The van der Waals surface area contributed by atoms with Gasteiger partial charge in [0.25, 0.3) is 0 Å². The van der Waals surface area contributed by atoms with Crippen molar-refractivity contribution in [3.05, 3.63) is 53.2 Å². The second kappa shape index (κ2) is 8.53. The van der Waals surface area contributed by atoms with Crippen LogP contribution in [-0.4, -0.2) is 37.3 Å². The van der Waals surface area contributed by atoms with E-state index in [-0.39, 0.29) is 19.0 Å². The summed E-state index contributed by atoms with van der Waals surface area (Å²) < 4.78 is 30.5. The number of hydrogen-bond donors (Lipinski definition) is 1. The van der Waals surface area contributed by atoms with E-state index < -0.39 is 15.9 Å². The standard InChI is InChI=1S/C18H20N4O4S2/c1-3-13-6-8-14(9-7-13)22(28(2,24)25)12-16(23)19-11-17-20-18(21-26-17)15-5-4-10-27-15/h4-10H,3,11-12H2,1-2H3,(H,19,23). The van der Waals surface area contributed by atoms with Crippen LogP contribution in [0, 0.1) is 0 Å². The SMILES string of the molecule is CCc1ccc(N(CC(=O)NCc2nc(-c3cccs3)no2)S(C)(=O)=O)cc1. The molecule has 0 bridgehead atoms. The third-order valence-electron chi connectivity index (χ3n) is 3.97. The molecule has 0 fully saturated rings. The number of amides is 1. The lowest BCUT2D eigenvalue weighted by Crippen LogP contribution is -2.40. The molecule has 28 heavy (non-hydrogen) atoms. The van der Waals surface area contributed by atoms with Gasteiger partial charge in [0.2, 0.25) is 27.6 Å². The van der Waals surface area contributed by atoms with Crippen LogP contribution in [0.5, 0.6) is 0 Å². The highest BCUT2D eigenvalue weighted by atomic mass is 32.2. The number of hydrogen-bond acceptors (Lipinski definition) is 7. The summed E-state index contributed by atoms with van der Waals surface area (Å²) in [6.07, 6.45) is 1.91. The average Bonchev–Trinajstić information content (AvgIpc) is 3.35. The Morgan fingerprint density at radius 3 is 2.61 bits per heavy atom. The molecule has 0 saturated heterocycles. The van der Waals surface area contributed by atoms with Crippen LogP contribution >= 0.6 is 11.3 Å². The van der Waals surface area contributed by atoms with Gasteiger partial charge >= 0.3 is 0 Å². The molecular weight excluding hydrogens is 400 g/mol. The molecule has 3 rings (SSSR count). The van der Waals surface area contributed by atoms with E-state index >= 15 is 0 Å². The number of anilines is 1. The lowest BCUT2D eigenvalue weighted by Gasteiger charge is -2.22. The van der Waals surface area contributed by atoms with Gasteiger partial charge in [-0.25, -0.2) is 8.42 Å². The first-order valence-corrected chi connectivity index (χ1v) is 11.3. The van der Waals surface area contributed by atoms with Crippen LogP contribution in [-0.2, 0) is 27.8 Å². The molecule has 0 spiro atoms. The van der Waals surface area contributed by atoms with Gasteiger partial charge in [0, 0.05) is 0 Å². The van der Waals surface area contributed by atoms with Crippen molar-refractivity contribution >= 4 is 33.0 Å². The molecular formula is C18H20N4O4S2. The molecule has 8 nitrogen and oxygen atoms in total. The smallest absolute Gasteiger partial charge is 0.246 e. The maximum atomic E-state index is 12.3. The monoisotopic (exact) mass is 420 g/mol. The third kappa shape index (κ3) is 4.96. The second-order valence-corrected chi connectivity index (χ2v) is 8.91.